The highest BCUT2D eigenvalue weighted by Gasteiger charge is 2.36. The lowest BCUT2D eigenvalue weighted by Crippen LogP contribution is -2.30. The molecule has 2 N–H and O–H groups in total. The van der Waals surface area contributed by atoms with Crippen molar-refractivity contribution in [2.24, 2.45) is 5.92 Å². The molecule has 20 heavy (non-hydrogen) atoms. The van der Waals surface area contributed by atoms with Gasteiger partial charge < -0.3 is 9.90 Å². The number of phenolic OH excluding ortho intramolecular Hbond substituents is 1. The van der Waals surface area contributed by atoms with Crippen molar-refractivity contribution in [3.05, 3.63) is 23.8 Å². The topological polar surface area (TPSA) is 86.7 Å². The molecule has 0 bridgehead atoms. The van der Waals surface area contributed by atoms with Crippen LogP contribution in [0.1, 0.15) is 19.4 Å². The number of nitrogens with one attached hydrogen (secondary N) is 1. The van der Waals surface area contributed by atoms with E-state index in [-0.39, 0.29) is 18.0 Å². The highest BCUT2D eigenvalue weighted by atomic mass is 32.2. The molecule has 110 valence electrons. The maximum atomic E-state index is 11.9. The fraction of sp³-hybridized carbons (Fsp3) is 0.462. The Balaban J connectivity index is 2.32. The van der Waals surface area contributed by atoms with Gasteiger partial charge in [0.2, 0.25) is 0 Å². The number of aldehydes is 1. The lowest BCUT2D eigenvalue weighted by atomic mass is 10.0. The van der Waals surface area contributed by atoms with Gasteiger partial charge in [0.05, 0.1) is 18.3 Å². The Labute approximate surface area is 118 Å². The molecule has 1 aliphatic rings. The molecule has 0 radical (unpaired) electrons. The summed E-state index contributed by atoms with van der Waals surface area (Å²) in [6.45, 7) is 4.12. The first-order valence-electron chi connectivity index (χ1n) is 6.40. The summed E-state index contributed by atoms with van der Waals surface area (Å²) in [5, 5.41) is 10.0. The molecule has 1 fully saturated rings. The molecule has 1 atom stereocenters. The smallest absolute Gasteiger partial charge is 0.302 e. The molecular formula is C13H18N2O4S. The summed E-state index contributed by atoms with van der Waals surface area (Å²) < 4.78 is 27.0. The highest BCUT2D eigenvalue weighted by Crippen LogP contribution is 2.32. The summed E-state index contributed by atoms with van der Waals surface area (Å²) in [5.41, 5.74) is 1.13. The lowest BCUT2D eigenvalue weighted by molar-refractivity contribution is -0.108. The number of nitrogens with zero attached hydrogens (tertiary/aromatic N) is 1. The zero-order valence-electron chi connectivity index (χ0n) is 11.4. The lowest BCUT2D eigenvalue weighted by Gasteiger charge is -2.18. The third kappa shape index (κ3) is 2.94. The average molecular weight is 298 g/mol. The third-order valence-corrected chi connectivity index (χ3v) is 4.60. The Morgan fingerprint density at radius 1 is 1.50 bits per heavy atom. The Morgan fingerprint density at radius 2 is 2.20 bits per heavy atom. The van der Waals surface area contributed by atoms with E-state index >= 15 is 0 Å². The van der Waals surface area contributed by atoms with Gasteiger partial charge in [-0.05, 0) is 30.0 Å². The van der Waals surface area contributed by atoms with Crippen LogP contribution in [0.25, 0.3) is 0 Å². The second-order valence-electron chi connectivity index (χ2n) is 5.32. The highest BCUT2D eigenvalue weighted by molar-refractivity contribution is 7.91. The molecule has 0 saturated carbocycles. The molecule has 2 rings (SSSR count). The first-order valence-corrected chi connectivity index (χ1v) is 7.84. The molecular weight excluding hydrogens is 280 g/mol. The Hall–Kier alpha value is -1.60. The molecule has 0 spiro atoms. The quantitative estimate of drug-likeness (QED) is 0.805. The number of carbonyl (C=O) groups is 1. The van der Waals surface area contributed by atoms with Crippen molar-refractivity contribution in [1.82, 2.24) is 4.72 Å². The number of phenols is 1. The van der Waals surface area contributed by atoms with Gasteiger partial charge in [-0.3, -0.25) is 4.31 Å². The first-order chi connectivity index (χ1) is 9.33. The Kier molecular flexibility index (Phi) is 4.01. The van der Waals surface area contributed by atoms with Crippen molar-refractivity contribution in [1.29, 1.82) is 0 Å². The van der Waals surface area contributed by atoms with Crippen molar-refractivity contribution >= 4 is 22.2 Å². The first kappa shape index (κ1) is 14.8. The predicted octanol–water partition coefficient (Wildman–Crippen LogP) is 0.813. The largest absolute Gasteiger partial charge is 0.506 e. The van der Waals surface area contributed by atoms with Crippen LogP contribution in [0.2, 0.25) is 0 Å². The van der Waals surface area contributed by atoms with Crippen LogP contribution in [0.3, 0.4) is 0 Å². The molecule has 6 nitrogen and oxygen atoms in total. The van der Waals surface area contributed by atoms with E-state index in [1.54, 1.807) is 18.2 Å². The Morgan fingerprint density at radius 3 is 2.70 bits per heavy atom. The summed E-state index contributed by atoms with van der Waals surface area (Å²) in [6.07, 6.45) is 1.34. The minimum atomic E-state index is -3.77. The average Bonchev–Trinajstić information content (AvgIpc) is 2.64. The maximum absolute atomic E-state index is 11.9. The number of anilines is 1. The van der Waals surface area contributed by atoms with Crippen LogP contribution in [0.5, 0.6) is 5.75 Å². The van der Waals surface area contributed by atoms with E-state index in [9.17, 15) is 18.3 Å². The van der Waals surface area contributed by atoms with Gasteiger partial charge in [0.25, 0.3) is 0 Å². The van der Waals surface area contributed by atoms with Gasteiger partial charge in [-0.1, -0.05) is 19.9 Å². The number of hydrogen-bond donors (Lipinski definition) is 2. The fourth-order valence-corrected chi connectivity index (χ4v) is 3.66. The van der Waals surface area contributed by atoms with Crippen LogP contribution < -0.4 is 9.03 Å². The van der Waals surface area contributed by atoms with E-state index in [2.05, 4.69) is 18.6 Å². The zero-order chi connectivity index (χ0) is 14.9. The van der Waals surface area contributed by atoms with E-state index in [0.717, 1.165) is 16.3 Å². The molecule has 7 heteroatoms. The molecule has 1 heterocycles. The number of benzene rings is 1. The maximum Gasteiger partial charge on any atom is 0.302 e. The minimum absolute atomic E-state index is 0.0110. The van der Waals surface area contributed by atoms with Crippen LogP contribution in [-0.2, 0) is 21.4 Å². The normalized spacial score (nSPS) is 21.4. The van der Waals surface area contributed by atoms with E-state index in [0.29, 0.717) is 12.2 Å². The van der Waals surface area contributed by atoms with Gasteiger partial charge in [-0.25, -0.2) is 0 Å². The zero-order valence-corrected chi connectivity index (χ0v) is 12.2. The van der Waals surface area contributed by atoms with Crippen molar-refractivity contribution < 1.29 is 18.3 Å². The molecule has 0 aliphatic carbocycles. The van der Waals surface area contributed by atoms with Crippen LogP contribution in [-0.4, -0.2) is 32.4 Å². The summed E-state index contributed by atoms with van der Waals surface area (Å²) in [4.78, 5) is 10.7. The summed E-state index contributed by atoms with van der Waals surface area (Å²) in [6, 6.07) is 4.15. The van der Waals surface area contributed by atoms with Crippen LogP contribution >= 0.6 is 0 Å². The SMILES string of the molecule is CC(C)Cc1ccc(N2CC(C=O)NS2(=O)=O)c(O)c1. The van der Waals surface area contributed by atoms with Crippen molar-refractivity contribution in [2.45, 2.75) is 26.3 Å². The molecule has 1 aromatic carbocycles. The standard InChI is InChI=1S/C13H18N2O4S/c1-9(2)5-10-3-4-12(13(17)6-10)15-7-11(8-16)14-20(15,18)19/h3-4,6,8-9,11,14,17H,5,7H2,1-2H3. The number of rotatable bonds is 4. The van der Waals surface area contributed by atoms with Crippen LogP contribution in [0, 0.1) is 5.92 Å². The van der Waals surface area contributed by atoms with Gasteiger partial charge >= 0.3 is 10.2 Å². The predicted molar refractivity (Wildman–Crippen MR) is 75.9 cm³/mol. The third-order valence-electron chi connectivity index (χ3n) is 3.07. The molecule has 1 saturated heterocycles. The second kappa shape index (κ2) is 5.41. The van der Waals surface area contributed by atoms with Gasteiger partial charge in [0.1, 0.15) is 12.0 Å². The van der Waals surface area contributed by atoms with Crippen molar-refractivity contribution in [2.75, 3.05) is 10.8 Å². The van der Waals surface area contributed by atoms with Crippen LogP contribution in [0.15, 0.2) is 18.2 Å². The van der Waals surface area contributed by atoms with Crippen molar-refractivity contribution in [3.63, 3.8) is 0 Å². The van der Waals surface area contributed by atoms with E-state index in [1.807, 2.05) is 0 Å². The fourth-order valence-electron chi connectivity index (χ4n) is 2.25. The van der Waals surface area contributed by atoms with Crippen LogP contribution in [0.4, 0.5) is 5.69 Å². The molecule has 0 aromatic heterocycles. The number of aromatic hydroxyl groups is 1. The minimum Gasteiger partial charge on any atom is -0.506 e. The van der Waals surface area contributed by atoms with Gasteiger partial charge in [0.15, 0.2) is 0 Å². The summed E-state index contributed by atoms with van der Waals surface area (Å²) in [5.74, 6) is 0.344. The molecule has 1 aromatic rings. The summed E-state index contributed by atoms with van der Waals surface area (Å²) in [7, 11) is -3.77. The van der Waals surface area contributed by atoms with Gasteiger partial charge in [-0.2, -0.15) is 13.1 Å². The van der Waals surface area contributed by atoms with E-state index < -0.39 is 16.3 Å². The van der Waals surface area contributed by atoms with Crippen molar-refractivity contribution in [3.8, 4) is 5.75 Å². The summed E-state index contributed by atoms with van der Waals surface area (Å²) >= 11 is 0. The van der Waals surface area contributed by atoms with E-state index in [1.165, 1.54) is 0 Å². The monoisotopic (exact) mass is 298 g/mol. The van der Waals surface area contributed by atoms with E-state index in [4.69, 9.17) is 0 Å². The second-order valence-corrected chi connectivity index (χ2v) is 6.94. The van der Waals surface area contributed by atoms with Gasteiger partial charge in [-0.15, -0.1) is 0 Å². The van der Waals surface area contributed by atoms with Gasteiger partial charge in [0, 0.05) is 0 Å². The molecule has 1 aliphatic heterocycles. The Bertz CT molecular complexity index is 613. The number of carbonyl (C=O) groups excluding carboxylic acids is 1. The molecule has 0 amide bonds. The number of hydrogen-bond acceptors (Lipinski definition) is 4. The molecule has 1 unspecified atom stereocenters.